The smallest absolute Gasteiger partial charge is 0.343 e. The highest BCUT2D eigenvalue weighted by Crippen LogP contribution is 2.21. The number of unbranched alkanes of at least 4 members (excludes halogenated alkanes) is 3. The van der Waals surface area contributed by atoms with Gasteiger partial charge in [-0.05, 0) is 92.4 Å². The number of carbonyl (C=O) groups excluding carboxylic acids is 2. The van der Waals surface area contributed by atoms with E-state index in [0.29, 0.717) is 24.5 Å². The second-order valence-electron chi connectivity index (χ2n) is 8.17. The van der Waals surface area contributed by atoms with Crippen LogP contribution in [-0.2, 0) is 9.53 Å². The molecule has 3 aromatic rings. The molecule has 0 radical (unpaired) electrons. The summed E-state index contributed by atoms with van der Waals surface area (Å²) in [5.74, 6) is 5.25. The molecule has 0 saturated heterocycles. The van der Waals surface area contributed by atoms with Crippen LogP contribution in [0.4, 0.5) is 4.39 Å². The summed E-state index contributed by atoms with van der Waals surface area (Å²) < 4.78 is 35.5. The third kappa shape index (κ3) is 9.14. The largest absolute Gasteiger partial charge is 0.497 e. The molecule has 0 heterocycles. The fourth-order valence-electron chi connectivity index (χ4n) is 3.31. The molecule has 3 rings (SSSR count). The second kappa shape index (κ2) is 14.9. The van der Waals surface area contributed by atoms with Crippen molar-refractivity contribution >= 4 is 11.9 Å². The number of carbonyl (C=O) groups is 2. The molecule has 0 aliphatic heterocycles. The molecule has 0 fully saturated rings. The molecule has 0 atom stereocenters. The Morgan fingerprint density at radius 3 is 2.13 bits per heavy atom. The van der Waals surface area contributed by atoms with Crippen molar-refractivity contribution < 1.29 is 32.9 Å². The Morgan fingerprint density at radius 2 is 1.47 bits per heavy atom. The molecule has 7 heteroatoms. The Balaban J connectivity index is 1.43. The Hall–Kier alpha value is -4.57. The SMILES string of the molecule is C=CC(=O)OCCCCCCOc1ccc(C(=O)Oc2ccc(C#Cc3ccc(OC)cc3)cc2F)cc1. The lowest BCUT2D eigenvalue weighted by Crippen LogP contribution is -2.09. The minimum atomic E-state index is -0.682. The molecule has 196 valence electrons. The number of rotatable bonds is 12. The van der Waals surface area contributed by atoms with Crippen molar-refractivity contribution in [2.75, 3.05) is 20.3 Å². The summed E-state index contributed by atoms with van der Waals surface area (Å²) in [5.41, 5.74) is 1.49. The van der Waals surface area contributed by atoms with Gasteiger partial charge >= 0.3 is 11.9 Å². The van der Waals surface area contributed by atoms with Gasteiger partial charge in [0.1, 0.15) is 11.5 Å². The van der Waals surface area contributed by atoms with Gasteiger partial charge in [0, 0.05) is 17.2 Å². The lowest BCUT2D eigenvalue weighted by Gasteiger charge is -2.08. The third-order valence-corrected chi connectivity index (χ3v) is 5.38. The van der Waals surface area contributed by atoms with E-state index in [4.69, 9.17) is 18.9 Å². The van der Waals surface area contributed by atoms with Crippen LogP contribution in [0.2, 0.25) is 0 Å². The normalized spacial score (nSPS) is 10.1. The third-order valence-electron chi connectivity index (χ3n) is 5.38. The zero-order valence-electron chi connectivity index (χ0n) is 21.2. The molecule has 6 nitrogen and oxygen atoms in total. The number of hydrogen-bond acceptors (Lipinski definition) is 6. The average molecular weight is 517 g/mol. The van der Waals surface area contributed by atoms with E-state index in [0.717, 1.165) is 43.1 Å². The minimum Gasteiger partial charge on any atom is -0.497 e. The van der Waals surface area contributed by atoms with E-state index < -0.39 is 17.8 Å². The van der Waals surface area contributed by atoms with Gasteiger partial charge in [0.25, 0.3) is 0 Å². The van der Waals surface area contributed by atoms with E-state index in [2.05, 4.69) is 18.4 Å². The fraction of sp³-hybridized carbons (Fsp3) is 0.226. The highest BCUT2D eigenvalue weighted by molar-refractivity contribution is 5.91. The number of benzene rings is 3. The molecule has 3 aromatic carbocycles. The van der Waals surface area contributed by atoms with Gasteiger partial charge in [0.2, 0.25) is 0 Å². The molecular formula is C31H29FO6. The lowest BCUT2D eigenvalue weighted by molar-refractivity contribution is -0.137. The van der Waals surface area contributed by atoms with Crippen molar-refractivity contribution in [1.29, 1.82) is 0 Å². The number of esters is 2. The Kier molecular flexibility index (Phi) is 11.0. The van der Waals surface area contributed by atoms with E-state index >= 15 is 0 Å². The Labute approximate surface area is 222 Å². The summed E-state index contributed by atoms with van der Waals surface area (Å²) in [7, 11) is 1.59. The first-order chi connectivity index (χ1) is 18.5. The van der Waals surface area contributed by atoms with Gasteiger partial charge in [-0.3, -0.25) is 0 Å². The number of ether oxygens (including phenoxy) is 4. The maximum absolute atomic E-state index is 14.5. The maximum atomic E-state index is 14.5. The van der Waals surface area contributed by atoms with Crippen LogP contribution in [0.3, 0.4) is 0 Å². The predicted molar refractivity (Wildman–Crippen MR) is 142 cm³/mol. The van der Waals surface area contributed by atoms with Crippen LogP contribution in [0.1, 0.15) is 47.2 Å². The van der Waals surface area contributed by atoms with Crippen LogP contribution in [0, 0.1) is 17.7 Å². The van der Waals surface area contributed by atoms with Crippen molar-refractivity contribution in [3.63, 3.8) is 0 Å². The van der Waals surface area contributed by atoms with Crippen LogP contribution < -0.4 is 14.2 Å². The molecule has 0 saturated carbocycles. The predicted octanol–water partition coefficient (Wildman–Crippen LogP) is 6.12. The highest BCUT2D eigenvalue weighted by Gasteiger charge is 2.12. The summed E-state index contributed by atoms with van der Waals surface area (Å²) in [6, 6.07) is 17.9. The maximum Gasteiger partial charge on any atom is 0.343 e. The summed E-state index contributed by atoms with van der Waals surface area (Å²) in [6.07, 6.45) is 4.64. The van der Waals surface area contributed by atoms with Gasteiger partial charge in [-0.2, -0.15) is 0 Å². The summed E-state index contributed by atoms with van der Waals surface area (Å²) in [4.78, 5) is 23.4. The van der Waals surface area contributed by atoms with Crippen LogP contribution in [0.25, 0.3) is 0 Å². The van der Waals surface area contributed by atoms with E-state index in [-0.39, 0.29) is 11.3 Å². The van der Waals surface area contributed by atoms with Crippen LogP contribution in [0.15, 0.2) is 79.4 Å². The van der Waals surface area contributed by atoms with Gasteiger partial charge < -0.3 is 18.9 Å². The molecule has 0 amide bonds. The molecule has 0 unspecified atom stereocenters. The highest BCUT2D eigenvalue weighted by atomic mass is 19.1. The van der Waals surface area contributed by atoms with Crippen LogP contribution in [-0.4, -0.2) is 32.3 Å². The summed E-state index contributed by atoms with van der Waals surface area (Å²) in [6.45, 7) is 4.26. The van der Waals surface area contributed by atoms with E-state index in [9.17, 15) is 14.0 Å². The van der Waals surface area contributed by atoms with Gasteiger partial charge in [-0.1, -0.05) is 18.4 Å². The molecule has 0 bridgehead atoms. The van der Waals surface area contributed by atoms with E-state index in [1.165, 1.54) is 12.1 Å². The Morgan fingerprint density at radius 1 is 0.842 bits per heavy atom. The van der Waals surface area contributed by atoms with Crippen molar-refractivity contribution in [3.05, 3.63) is 102 Å². The van der Waals surface area contributed by atoms with Crippen LogP contribution in [0.5, 0.6) is 17.2 Å². The van der Waals surface area contributed by atoms with Crippen molar-refractivity contribution in [2.24, 2.45) is 0 Å². The fourth-order valence-corrected chi connectivity index (χ4v) is 3.31. The first-order valence-electron chi connectivity index (χ1n) is 12.2. The first-order valence-corrected chi connectivity index (χ1v) is 12.2. The molecule has 0 aliphatic carbocycles. The van der Waals surface area contributed by atoms with Crippen molar-refractivity contribution in [1.82, 2.24) is 0 Å². The number of methoxy groups -OCH3 is 1. The monoisotopic (exact) mass is 516 g/mol. The van der Waals surface area contributed by atoms with Gasteiger partial charge in [-0.15, -0.1) is 0 Å². The van der Waals surface area contributed by atoms with Gasteiger partial charge in [0.15, 0.2) is 11.6 Å². The van der Waals surface area contributed by atoms with E-state index in [1.807, 2.05) is 12.1 Å². The molecular weight excluding hydrogens is 487 g/mol. The summed E-state index contributed by atoms with van der Waals surface area (Å²) in [5, 5.41) is 0. The molecule has 0 spiro atoms. The molecule has 0 aliphatic rings. The minimum absolute atomic E-state index is 0.176. The van der Waals surface area contributed by atoms with Gasteiger partial charge in [0.05, 0.1) is 25.9 Å². The van der Waals surface area contributed by atoms with Crippen molar-refractivity contribution in [2.45, 2.75) is 25.7 Å². The number of halogens is 1. The Bertz CT molecular complexity index is 1290. The lowest BCUT2D eigenvalue weighted by atomic mass is 10.1. The quantitative estimate of drug-likeness (QED) is 0.0950. The van der Waals surface area contributed by atoms with Crippen LogP contribution >= 0.6 is 0 Å². The summed E-state index contributed by atoms with van der Waals surface area (Å²) >= 11 is 0. The standard InChI is InChI=1S/C31H29FO6/c1-3-30(33)37-21-7-5-4-6-20-36-27-17-13-25(14-18-27)31(34)38-29-19-12-24(22-28(29)32)9-8-23-10-15-26(35-2)16-11-23/h3,10-19,22H,1,4-7,20-21H2,2H3. The zero-order chi connectivity index (χ0) is 27.2. The zero-order valence-corrected chi connectivity index (χ0v) is 21.2. The van der Waals surface area contributed by atoms with E-state index in [1.54, 1.807) is 49.6 Å². The topological polar surface area (TPSA) is 71.1 Å². The van der Waals surface area contributed by atoms with Gasteiger partial charge in [-0.25, -0.2) is 14.0 Å². The first kappa shape index (κ1) is 28.0. The molecule has 0 N–H and O–H groups in total. The molecule has 0 aromatic heterocycles. The average Bonchev–Trinajstić information content (AvgIpc) is 2.95. The molecule has 38 heavy (non-hydrogen) atoms. The van der Waals surface area contributed by atoms with Crippen molar-refractivity contribution in [3.8, 4) is 29.1 Å². The second-order valence-corrected chi connectivity index (χ2v) is 8.17. The number of hydrogen-bond donors (Lipinski definition) is 0.